The Labute approximate surface area is 103 Å². The molecule has 1 aliphatic rings. The molecule has 1 fully saturated rings. The monoisotopic (exact) mass is 230 g/mol. The Morgan fingerprint density at radius 3 is 3.06 bits per heavy atom. The molecule has 90 valence electrons. The first-order valence-corrected chi connectivity index (χ1v) is 6.15. The lowest BCUT2D eigenvalue weighted by Gasteiger charge is -2.32. The van der Waals surface area contributed by atoms with E-state index in [9.17, 15) is 0 Å². The summed E-state index contributed by atoms with van der Waals surface area (Å²) in [5, 5.41) is 9.05. The first-order chi connectivity index (χ1) is 8.33. The third kappa shape index (κ3) is 3.06. The number of morpholine rings is 1. The fourth-order valence-corrected chi connectivity index (χ4v) is 2.18. The number of nitriles is 1. The smallest absolute Gasteiger partial charge is 0.0995 e. The highest BCUT2D eigenvalue weighted by atomic mass is 16.5. The number of hydrogen-bond donors (Lipinski definition) is 0. The zero-order valence-corrected chi connectivity index (χ0v) is 10.2. The molecule has 1 atom stereocenters. The lowest BCUT2D eigenvalue weighted by Crippen LogP contribution is -2.41. The van der Waals surface area contributed by atoms with Crippen molar-refractivity contribution in [3.05, 3.63) is 35.4 Å². The van der Waals surface area contributed by atoms with Crippen LogP contribution in [0.1, 0.15) is 24.5 Å². The molecule has 1 heterocycles. The summed E-state index contributed by atoms with van der Waals surface area (Å²) in [4.78, 5) is 2.37. The van der Waals surface area contributed by atoms with Gasteiger partial charge in [-0.05, 0) is 18.1 Å². The van der Waals surface area contributed by atoms with Gasteiger partial charge in [-0.1, -0.05) is 25.1 Å². The molecule has 1 saturated heterocycles. The van der Waals surface area contributed by atoms with Gasteiger partial charge in [-0.3, -0.25) is 4.90 Å². The van der Waals surface area contributed by atoms with Crippen LogP contribution in [0.4, 0.5) is 0 Å². The summed E-state index contributed by atoms with van der Waals surface area (Å²) in [5.74, 6) is 0. The molecule has 0 N–H and O–H groups in total. The van der Waals surface area contributed by atoms with Crippen LogP contribution >= 0.6 is 0 Å². The average molecular weight is 230 g/mol. The summed E-state index contributed by atoms with van der Waals surface area (Å²) in [6.07, 6.45) is 1.40. The Bertz CT molecular complexity index is 411. The molecule has 3 heteroatoms. The minimum atomic E-state index is 0.345. The number of ether oxygens (including phenoxy) is 1. The maximum Gasteiger partial charge on any atom is 0.0995 e. The molecule has 0 saturated carbocycles. The molecule has 0 unspecified atom stereocenters. The lowest BCUT2D eigenvalue weighted by atomic mass is 10.1. The molecular formula is C14H18N2O. The van der Waals surface area contributed by atoms with E-state index in [2.05, 4.69) is 17.9 Å². The first kappa shape index (κ1) is 12.1. The van der Waals surface area contributed by atoms with E-state index in [0.717, 1.165) is 43.8 Å². The van der Waals surface area contributed by atoms with Crippen molar-refractivity contribution in [2.45, 2.75) is 26.0 Å². The van der Waals surface area contributed by atoms with Gasteiger partial charge in [0.25, 0.3) is 0 Å². The Morgan fingerprint density at radius 1 is 1.47 bits per heavy atom. The molecule has 0 radical (unpaired) electrons. The number of rotatable bonds is 3. The van der Waals surface area contributed by atoms with Gasteiger partial charge in [-0.2, -0.15) is 5.26 Å². The highest BCUT2D eigenvalue weighted by molar-refractivity contribution is 5.37. The van der Waals surface area contributed by atoms with Crippen LogP contribution < -0.4 is 0 Å². The molecule has 1 aromatic rings. The summed E-state index contributed by atoms with van der Waals surface area (Å²) in [6.45, 7) is 5.72. The molecule has 2 rings (SSSR count). The van der Waals surface area contributed by atoms with Crippen LogP contribution in [0.5, 0.6) is 0 Å². The molecule has 0 aliphatic carbocycles. The van der Waals surface area contributed by atoms with E-state index in [-0.39, 0.29) is 0 Å². The third-order valence-electron chi connectivity index (χ3n) is 3.21. The van der Waals surface area contributed by atoms with Crippen molar-refractivity contribution in [2.24, 2.45) is 0 Å². The average Bonchev–Trinajstić information content (AvgIpc) is 2.39. The van der Waals surface area contributed by atoms with Gasteiger partial charge in [0.05, 0.1) is 24.3 Å². The molecule has 0 spiro atoms. The second kappa shape index (κ2) is 5.81. The Balaban J connectivity index is 2.03. The minimum absolute atomic E-state index is 0.345. The van der Waals surface area contributed by atoms with Crippen LogP contribution in [-0.4, -0.2) is 30.7 Å². The van der Waals surface area contributed by atoms with E-state index >= 15 is 0 Å². The fraction of sp³-hybridized carbons (Fsp3) is 0.500. The largest absolute Gasteiger partial charge is 0.376 e. The predicted octanol–water partition coefficient (Wildman–Crippen LogP) is 2.17. The normalized spacial score (nSPS) is 21.1. The van der Waals surface area contributed by atoms with Crippen molar-refractivity contribution >= 4 is 0 Å². The Hall–Kier alpha value is -1.37. The topological polar surface area (TPSA) is 36.3 Å². The highest BCUT2D eigenvalue weighted by Gasteiger charge is 2.19. The number of nitrogens with zero attached hydrogens (tertiary/aromatic N) is 2. The number of hydrogen-bond acceptors (Lipinski definition) is 3. The van der Waals surface area contributed by atoms with Crippen LogP contribution in [0.3, 0.4) is 0 Å². The zero-order valence-electron chi connectivity index (χ0n) is 10.2. The van der Waals surface area contributed by atoms with Crippen molar-refractivity contribution < 1.29 is 4.74 Å². The second-order valence-corrected chi connectivity index (χ2v) is 4.41. The van der Waals surface area contributed by atoms with Crippen molar-refractivity contribution in [3.63, 3.8) is 0 Å². The molecule has 0 aromatic heterocycles. The van der Waals surface area contributed by atoms with Gasteiger partial charge >= 0.3 is 0 Å². The van der Waals surface area contributed by atoms with E-state index in [1.54, 1.807) is 0 Å². The maximum absolute atomic E-state index is 9.05. The van der Waals surface area contributed by atoms with Crippen molar-refractivity contribution in [3.8, 4) is 6.07 Å². The summed E-state index contributed by atoms with van der Waals surface area (Å²) in [6, 6.07) is 10.1. The molecule has 1 aromatic carbocycles. The lowest BCUT2D eigenvalue weighted by molar-refractivity contribution is -0.0324. The van der Waals surface area contributed by atoms with Gasteiger partial charge in [-0.15, -0.1) is 0 Å². The standard InChI is InChI=1S/C14H18N2O/c1-2-14-11-16(7-8-17-14)10-13-6-4-3-5-12(13)9-15/h3-6,14H,2,7-8,10-11H2,1H3/t14-/m0/s1. The van der Waals surface area contributed by atoms with E-state index < -0.39 is 0 Å². The van der Waals surface area contributed by atoms with E-state index in [0.29, 0.717) is 6.10 Å². The van der Waals surface area contributed by atoms with Crippen LogP contribution in [0, 0.1) is 11.3 Å². The summed E-state index contributed by atoms with van der Waals surface area (Å²) in [7, 11) is 0. The van der Waals surface area contributed by atoms with Gasteiger partial charge in [0.15, 0.2) is 0 Å². The molecular weight excluding hydrogens is 212 g/mol. The van der Waals surface area contributed by atoms with Crippen molar-refractivity contribution in [1.29, 1.82) is 5.26 Å². The highest BCUT2D eigenvalue weighted by Crippen LogP contribution is 2.14. The van der Waals surface area contributed by atoms with Crippen LogP contribution in [-0.2, 0) is 11.3 Å². The third-order valence-corrected chi connectivity index (χ3v) is 3.21. The maximum atomic E-state index is 9.05. The van der Waals surface area contributed by atoms with Crippen molar-refractivity contribution in [1.82, 2.24) is 4.90 Å². The summed E-state index contributed by atoms with van der Waals surface area (Å²) >= 11 is 0. The van der Waals surface area contributed by atoms with Crippen LogP contribution in [0.25, 0.3) is 0 Å². The van der Waals surface area contributed by atoms with E-state index in [1.165, 1.54) is 0 Å². The van der Waals surface area contributed by atoms with Crippen LogP contribution in [0.2, 0.25) is 0 Å². The van der Waals surface area contributed by atoms with Gasteiger partial charge in [0, 0.05) is 19.6 Å². The molecule has 3 nitrogen and oxygen atoms in total. The van der Waals surface area contributed by atoms with E-state index in [4.69, 9.17) is 10.00 Å². The summed E-state index contributed by atoms with van der Waals surface area (Å²) in [5.41, 5.74) is 1.90. The molecule has 0 amide bonds. The molecule has 0 bridgehead atoms. The van der Waals surface area contributed by atoms with Gasteiger partial charge in [0.1, 0.15) is 0 Å². The van der Waals surface area contributed by atoms with Crippen LogP contribution in [0.15, 0.2) is 24.3 Å². The van der Waals surface area contributed by atoms with Gasteiger partial charge < -0.3 is 4.74 Å². The SMILES string of the molecule is CC[C@H]1CN(Cc2ccccc2C#N)CCO1. The zero-order chi connectivity index (χ0) is 12.1. The second-order valence-electron chi connectivity index (χ2n) is 4.41. The number of benzene rings is 1. The Morgan fingerprint density at radius 2 is 2.29 bits per heavy atom. The fourth-order valence-electron chi connectivity index (χ4n) is 2.18. The summed E-state index contributed by atoms with van der Waals surface area (Å²) < 4.78 is 5.64. The molecule has 1 aliphatic heterocycles. The van der Waals surface area contributed by atoms with Gasteiger partial charge in [0.2, 0.25) is 0 Å². The van der Waals surface area contributed by atoms with E-state index in [1.807, 2.05) is 24.3 Å². The minimum Gasteiger partial charge on any atom is -0.376 e. The van der Waals surface area contributed by atoms with Crippen molar-refractivity contribution in [2.75, 3.05) is 19.7 Å². The predicted molar refractivity (Wildman–Crippen MR) is 66.5 cm³/mol. The van der Waals surface area contributed by atoms with Gasteiger partial charge in [-0.25, -0.2) is 0 Å². The quantitative estimate of drug-likeness (QED) is 0.798. The Kier molecular flexibility index (Phi) is 4.13. The molecule has 17 heavy (non-hydrogen) atoms. The first-order valence-electron chi connectivity index (χ1n) is 6.15.